The number of amides is 1. The van der Waals surface area contributed by atoms with Crippen molar-refractivity contribution in [2.75, 3.05) is 25.1 Å². The number of thioether (sulfide) groups is 1. The number of nitrogens with one attached hydrogen (secondary N) is 1. The van der Waals surface area contributed by atoms with Crippen molar-refractivity contribution in [1.29, 1.82) is 0 Å². The summed E-state index contributed by atoms with van der Waals surface area (Å²) in [5.74, 6) is 1.32. The molecule has 0 atom stereocenters. The molecular weight excluding hydrogens is 256 g/mol. The summed E-state index contributed by atoms with van der Waals surface area (Å²) < 4.78 is 6.17. The highest BCUT2D eigenvalue weighted by molar-refractivity contribution is 8.01. The van der Waals surface area contributed by atoms with Gasteiger partial charge in [-0.25, -0.2) is 0 Å². The average molecular weight is 272 g/mol. The minimum absolute atomic E-state index is 0.186. The highest BCUT2D eigenvalue weighted by atomic mass is 32.2. The lowest BCUT2D eigenvalue weighted by Gasteiger charge is -2.02. The molecule has 0 aliphatic heterocycles. The maximum atomic E-state index is 11.8. The van der Waals surface area contributed by atoms with Crippen LogP contribution in [0.2, 0.25) is 0 Å². The van der Waals surface area contributed by atoms with E-state index in [0.29, 0.717) is 22.9 Å². The summed E-state index contributed by atoms with van der Waals surface area (Å²) in [6.07, 6.45) is 1.63. The van der Waals surface area contributed by atoms with E-state index in [4.69, 9.17) is 10.5 Å². The molecule has 3 N–H and O–H groups in total. The Morgan fingerprint density at radius 1 is 1.71 bits per heavy atom. The van der Waals surface area contributed by atoms with Gasteiger partial charge in [-0.1, -0.05) is 13.0 Å². The maximum Gasteiger partial charge on any atom is 0.263 e. The van der Waals surface area contributed by atoms with Crippen molar-refractivity contribution >= 4 is 34.7 Å². The molecule has 1 heterocycles. The number of carbonyl (C=O) groups excluding carboxylic acids is 1. The van der Waals surface area contributed by atoms with Crippen LogP contribution in [0.4, 0.5) is 5.69 Å². The second-order valence-corrected chi connectivity index (χ2v) is 5.65. The van der Waals surface area contributed by atoms with Gasteiger partial charge in [0.1, 0.15) is 9.09 Å². The van der Waals surface area contributed by atoms with Gasteiger partial charge in [0, 0.05) is 6.54 Å². The second kappa shape index (κ2) is 6.56. The van der Waals surface area contributed by atoms with Crippen LogP contribution < -0.4 is 15.8 Å². The largest absolute Gasteiger partial charge is 0.492 e. The number of anilines is 1. The maximum absolute atomic E-state index is 11.8. The highest BCUT2D eigenvalue weighted by Crippen LogP contribution is 2.43. The Bertz CT molecular complexity index is 416. The van der Waals surface area contributed by atoms with Crippen LogP contribution >= 0.6 is 23.1 Å². The quantitative estimate of drug-likeness (QED) is 0.616. The molecule has 1 rings (SSSR count). The first kappa shape index (κ1) is 13.9. The van der Waals surface area contributed by atoms with Crippen LogP contribution in [0.3, 0.4) is 0 Å². The summed E-state index contributed by atoms with van der Waals surface area (Å²) in [7, 11) is 1.56. The van der Waals surface area contributed by atoms with Crippen LogP contribution in [0, 0.1) is 0 Å². The molecule has 0 saturated heterocycles. The van der Waals surface area contributed by atoms with Crippen LogP contribution in [0.5, 0.6) is 5.75 Å². The minimum atomic E-state index is -0.186. The number of rotatable bonds is 6. The lowest BCUT2D eigenvalue weighted by Crippen LogP contribution is -2.22. The first-order chi connectivity index (χ1) is 8.15. The zero-order valence-corrected chi connectivity index (χ0v) is 11.5. The van der Waals surface area contributed by atoms with Crippen LogP contribution in [0.1, 0.15) is 16.6 Å². The number of carbonyl (C=O) groups is 1. The summed E-state index contributed by atoms with van der Waals surface area (Å²) in [6.45, 7) is 6.01. The molecule has 0 unspecified atom stereocenters. The van der Waals surface area contributed by atoms with Gasteiger partial charge in [0.05, 0.1) is 12.8 Å². The van der Waals surface area contributed by atoms with Gasteiger partial charge in [-0.05, 0) is 5.75 Å². The minimum Gasteiger partial charge on any atom is -0.492 e. The van der Waals surface area contributed by atoms with Crippen molar-refractivity contribution in [3.8, 4) is 5.75 Å². The monoisotopic (exact) mass is 272 g/mol. The zero-order chi connectivity index (χ0) is 12.8. The molecule has 17 heavy (non-hydrogen) atoms. The lowest BCUT2D eigenvalue weighted by atomic mass is 10.3. The van der Waals surface area contributed by atoms with Gasteiger partial charge in [0.15, 0.2) is 5.75 Å². The molecule has 0 aromatic carbocycles. The van der Waals surface area contributed by atoms with E-state index >= 15 is 0 Å². The van der Waals surface area contributed by atoms with Gasteiger partial charge >= 0.3 is 0 Å². The Balaban J connectivity index is 2.99. The van der Waals surface area contributed by atoms with E-state index in [-0.39, 0.29) is 5.91 Å². The summed E-state index contributed by atoms with van der Waals surface area (Å²) in [6, 6.07) is 0. The Hall–Kier alpha value is -1.14. The molecular formula is C11H16N2O2S2. The molecule has 0 aliphatic rings. The molecule has 0 spiro atoms. The van der Waals surface area contributed by atoms with Crippen LogP contribution in [-0.2, 0) is 0 Å². The third-order valence-electron chi connectivity index (χ3n) is 1.96. The van der Waals surface area contributed by atoms with Gasteiger partial charge in [0.2, 0.25) is 0 Å². The first-order valence-electron chi connectivity index (χ1n) is 5.13. The Morgan fingerprint density at radius 2 is 2.41 bits per heavy atom. The molecule has 0 fully saturated rings. The van der Waals surface area contributed by atoms with Gasteiger partial charge in [-0.2, -0.15) is 0 Å². The topological polar surface area (TPSA) is 64.3 Å². The zero-order valence-electron chi connectivity index (χ0n) is 9.91. The van der Waals surface area contributed by atoms with Crippen molar-refractivity contribution in [2.45, 2.75) is 11.1 Å². The highest BCUT2D eigenvalue weighted by Gasteiger charge is 2.21. The predicted octanol–water partition coefficient (Wildman–Crippen LogP) is 2.37. The van der Waals surface area contributed by atoms with Crippen LogP contribution in [0.25, 0.3) is 0 Å². The normalized spacial score (nSPS) is 10.0. The van der Waals surface area contributed by atoms with Crippen molar-refractivity contribution in [2.24, 2.45) is 0 Å². The number of hydrogen-bond acceptors (Lipinski definition) is 5. The molecule has 1 amide bonds. The molecule has 0 bridgehead atoms. The standard InChI is InChI=1S/C11H16N2O2S2/c1-4-6-13-10(14)9-7(12)8(15-3)11(17-9)16-5-2/h4H,1,5-6,12H2,2-3H3,(H,13,14). The fraction of sp³-hybridized carbons (Fsp3) is 0.364. The van der Waals surface area contributed by atoms with Crippen molar-refractivity contribution in [1.82, 2.24) is 5.32 Å². The second-order valence-electron chi connectivity index (χ2n) is 3.10. The molecule has 1 aromatic rings. The summed E-state index contributed by atoms with van der Waals surface area (Å²) in [4.78, 5) is 12.3. The van der Waals surface area contributed by atoms with E-state index in [1.54, 1.807) is 24.9 Å². The summed E-state index contributed by atoms with van der Waals surface area (Å²) in [5, 5.41) is 2.70. The number of hydrogen-bond donors (Lipinski definition) is 2. The van der Waals surface area contributed by atoms with Crippen LogP contribution in [0.15, 0.2) is 16.9 Å². The molecule has 0 saturated carbocycles. The number of methoxy groups -OCH3 is 1. The molecule has 0 aliphatic carbocycles. The van der Waals surface area contributed by atoms with E-state index < -0.39 is 0 Å². The van der Waals surface area contributed by atoms with Gasteiger partial charge in [0.25, 0.3) is 5.91 Å². The fourth-order valence-corrected chi connectivity index (χ4v) is 3.51. The molecule has 6 heteroatoms. The fourth-order valence-electron chi connectivity index (χ4n) is 1.24. The SMILES string of the molecule is C=CCNC(=O)c1sc(SCC)c(OC)c1N. The summed E-state index contributed by atoms with van der Waals surface area (Å²) >= 11 is 2.98. The Labute approximate surface area is 109 Å². The smallest absolute Gasteiger partial charge is 0.263 e. The van der Waals surface area contributed by atoms with E-state index in [1.807, 2.05) is 6.92 Å². The van der Waals surface area contributed by atoms with E-state index in [2.05, 4.69) is 11.9 Å². The molecule has 4 nitrogen and oxygen atoms in total. The lowest BCUT2D eigenvalue weighted by molar-refractivity contribution is 0.0962. The van der Waals surface area contributed by atoms with Crippen molar-refractivity contribution in [3.63, 3.8) is 0 Å². The number of nitrogens with two attached hydrogens (primary N) is 1. The van der Waals surface area contributed by atoms with E-state index in [1.165, 1.54) is 11.3 Å². The van der Waals surface area contributed by atoms with Crippen LogP contribution in [-0.4, -0.2) is 25.3 Å². The molecule has 1 aromatic heterocycles. The molecule has 94 valence electrons. The summed E-state index contributed by atoms with van der Waals surface area (Å²) in [5.41, 5.74) is 6.32. The van der Waals surface area contributed by atoms with Crippen molar-refractivity contribution in [3.05, 3.63) is 17.5 Å². The van der Waals surface area contributed by atoms with Gasteiger partial charge in [-0.15, -0.1) is 29.7 Å². The van der Waals surface area contributed by atoms with E-state index in [0.717, 1.165) is 9.96 Å². The third-order valence-corrected chi connectivity index (χ3v) is 4.28. The predicted molar refractivity (Wildman–Crippen MR) is 74.2 cm³/mol. The third kappa shape index (κ3) is 3.17. The first-order valence-corrected chi connectivity index (χ1v) is 6.94. The van der Waals surface area contributed by atoms with Gasteiger partial charge in [-0.3, -0.25) is 4.79 Å². The van der Waals surface area contributed by atoms with E-state index in [9.17, 15) is 4.79 Å². The molecule has 0 radical (unpaired) electrons. The number of nitrogen functional groups attached to an aromatic ring is 1. The van der Waals surface area contributed by atoms with Gasteiger partial charge < -0.3 is 15.8 Å². The van der Waals surface area contributed by atoms with Crippen molar-refractivity contribution < 1.29 is 9.53 Å². The Kier molecular flexibility index (Phi) is 5.37. The Morgan fingerprint density at radius 3 is 2.94 bits per heavy atom. The number of ether oxygens (including phenoxy) is 1. The number of thiophene rings is 1. The average Bonchev–Trinajstić information content (AvgIpc) is 2.63.